The standard InChI is InChI=1S/C15H20F2N2O3S/c16-15(17)23(21,22)10-11-4-6-12(7-5-11)14(20)19-8-2-1-3-13(19)9-18/h4-7,13,15H,1-3,8-10,18H2. The van der Waals surface area contributed by atoms with Gasteiger partial charge in [0.25, 0.3) is 5.91 Å². The Bertz CT molecular complexity index is 647. The molecule has 23 heavy (non-hydrogen) atoms. The van der Waals surface area contributed by atoms with Crippen molar-refractivity contribution in [2.24, 2.45) is 5.73 Å². The van der Waals surface area contributed by atoms with Crippen molar-refractivity contribution in [1.29, 1.82) is 0 Å². The molecule has 1 amide bonds. The summed E-state index contributed by atoms with van der Waals surface area (Å²) in [5, 5.41) is 0. The van der Waals surface area contributed by atoms with Crippen LogP contribution in [0.5, 0.6) is 0 Å². The van der Waals surface area contributed by atoms with Crippen molar-refractivity contribution in [1.82, 2.24) is 4.90 Å². The Balaban J connectivity index is 2.11. The van der Waals surface area contributed by atoms with Gasteiger partial charge in [-0.3, -0.25) is 4.79 Å². The summed E-state index contributed by atoms with van der Waals surface area (Å²) < 4.78 is 47.2. The lowest BCUT2D eigenvalue weighted by molar-refractivity contribution is 0.0623. The highest BCUT2D eigenvalue weighted by Gasteiger charge is 2.27. The van der Waals surface area contributed by atoms with E-state index in [1.54, 1.807) is 4.90 Å². The second kappa shape index (κ2) is 7.35. The van der Waals surface area contributed by atoms with Crippen LogP contribution in [0.15, 0.2) is 24.3 Å². The predicted molar refractivity (Wildman–Crippen MR) is 82.8 cm³/mol. The Morgan fingerprint density at radius 2 is 1.91 bits per heavy atom. The highest BCUT2D eigenvalue weighted by molar-refractivity contribution is 7.90. The number of nitrogens with two attached hydrogens (primary N) is 1. The lowest BCUT2D eigenvalue weighted by Gasteiger charge is -2.35. The number of carbonyl (C=O) groups excluding carboxylic acids is 1. The first-order valence-electron chi connectivity index (χ1n) is 7.45. The first-order chi connectivity index (χ1) is 10.8. The van der Waals surface area contributed by atoms with Crippen molar-refractivity contribution >= 4 is 15.7 Å². The number of hydrogen-bond donors (Lipinski definition) is 1. The van der Waals surface area contributed by atoms with Crippen molar-refractivity contribution < 1.29 is 22.0 Å². The zero-order valence-electron chi connectivity index (χ0n) is 12.6. The average molecular weight is 346 g/mol. The van der Waals surface area contributed by atoms with Crippen LogP contribution < -0.4 is 5.73 Å². The van der Waals surface area contributed by atoms with Crippen molar-refractivity contribution in [2.75, 3.05) is 13.1 Å². The van der Waals surface area contributed by atoms with Crippen molar-refractivity contribution in [2.45, 2.75) is 36.8 Å². The molecule has 1 aromatic carbocycles. The summed E-state index contributed by atoms with van der Waals surface area (Å²) in [5.74, 6) is -4.31. The Labute approximate surface area is 134 Å². The number of piperidine rings is 1. The van der Waals surface area contributed by atoms with Gasteiger partial charge in [-0.2, -0.15) is 8.78 Å². The van der Waals surface area contributed by atoms with Gasteiger partial charge in [0.15, 0.2) is 0 Å². The van der Waals surface area contributed by atoms with E-state index in [-0.39, 0.29) is 17.5 Å². The van der Waals surface area contributed by atoms with E-state index in [2.05, 4.69) is 0 Å². The van der Waals surface area contributed by atoms with E-state index in [0.29, 0.717) is 18.7 Å². The summed E-state index contributed by atoms with van der Waals surface area (Å²) in [6.07, 6.45) is 2.83. The van der Waals surface area contributed by atoms with Gasteiger partial charge in [0.05, 0.1) is 5.75 Å². The molecule has 8 heteroatoms. The van der Waals surface area contributed by atoms with Crippen LogP contribution in [0.2, 0.25) is 0 Å². The van der Waals surface area contributed by atoms with Crippen LogP contribution in [-0.4, -0.2) is 44.1 Å². The van der Waals surface area contributed by atoms with E-state index >= 15 is 0 Å². The van der Waals surface area contributed by atoms with Gasteiger partial charge in [-0.05, 0) is 37.0 Å². The molecule has 1 heterocycles. The van der Waals surface area contributed by atoms with Crippen LogP contribution in [0.25, 0.3) is 0 Å². The number of rotatable bonds is 5. The molecule has 128 valence electrons. The molecule has 0 bridgehead atoms. The molecule has 1 atom stereocenters. The number of benzene rings is 1. The Kier molecular flexibility index (Phi) is 5.69. The summed E-state index contributed by atoms with van der Waals surface area (Å²) in [6, 6.07) is 5.75. The second-order valence-electron chi connectivity index (χ2n) is 5.65. The molecular weight excluding hydrogens is 326 g/mol. The fourth-order valence-corrected chi connectivity index (χ4v) is 3.50. The summed E-state index contributed by atoms with van der Waals surface area (Å²) >= 11 is 0. The molecule has 5 nitrogen and oxygen atoms in total. The molecule has 2 rings (SSSR count). The minimum atomic E-state index is -4.46. The number of sulfone groups is 1. The minimum Gasteiger partial charge on any atom is -0.334 e. The lowest BCUT2D eigenvalue weighted by atomic mass is 10.0. The molecule has 1 saturated heterocycles. The number of nitrogens with zero attached hydrogens (tertiary/aromatic N) is 1. The molecule has 0 saturated carbocycles. The Morgan fingerprint density at radius 1 is 1.26 bits per heavy atom. The van der Waals surface area contributed by atoms with Gasteiger partial charge in [0.2, 0.25) is 9.84 Å². The van der Waals surface area contributed by atoms with Gasteiger partial charge in [-0.1, -0.05) is 12.1 Å². The third kappa shape index (κ3) is 4.26. The summed E-state index contributed by atoms with van der Waals surface area (Å²) in [4.78, 5) is 14.2. The Morgan fingerprint density at radius 3 is 2.48 bits per heavy atom. The van der Waals surface area contributed by atoms with E-state index < -0.39 is 21.3 Å². The maximum Gasteiger partial charge on any atom is 0.337 e. The van der Waals surface area contributed by atoms with Crippen LogP contribution in [0.3, 0.4) is 0 Å². The van der Waals surface area contributed by atoms with Crippen molar-refractivity contribution in [3.63, 3.8) is 0 Å². The molecule has 0 aromatic heterocycles. The molecule has 1 aromatic rings. The molecule has 1 unspecified atom stereocenters. The maximum atomic E-state index is 12.5. The van der Waals surface area contributed by atoms with Gasteiger partial charge in [0.1, 0.15) is 0 Å². The zero-order valence-corrected chi connectivity index (χ0v) is 13.4. The fourth-order valence-electron chi connectivity index (χ4n) is 2.72. The van der Waals surface area contributed by atoms with E-state index in [9.17, 15) is 22.0 Å². The first kappa shape index (κ1) is 17.8. The first-order valence-corrected chi connectivity index (χ1v) is 9.16. The molecule has 0 spiro atoms. The zero-order chi connectivity index (χ0) is 17.0. The molecule has 2 N–H and O–H groups in total. The molecular formula is C15H20F2N2O3S. The number of halogens is 2. The third-order valence-electron chi connectivity index (χ3n) is 4.00. The van der Waals surface area contributed by atoms with Gasteiger partial charge >= 0.3 is 5.76 Å². The van der Waals surface area contributed by atoms with E-state index in [1.165, 1.54) is 24.3 Å². The highest BCUT2D eigenvalue weighted by atomic mass is 32.2. The summed E-state index contributed by atoms with van der Waals surface area (Å²) in [6.45, 7) is 1.04. The summed E-state index contributed by atoms with van der Waals surface area (Å²) in [7, 11) is -4.46. The number of alkyl halides is 2. The van der Waals surface area contributed by atoms with Crippen LogP contribution in [0, 0.1) is 0 Å². The van der Waals surface area contributed by atoms with Gasteiger partial charge in [-0.25, -0.2) is 8.42 Å². The van der Waals surface area contributed by atoms with E-state index in [1.807, 2.05) is 0 Å². The second-order valence-corrected chi connectivity index (χ2v) is 7.62. The maximum absolute atomic E-state index is 12.5. The third-order valence-corrected chi connectivity index (χ3v) is 5.28. The van der Waals surface area contributed by atoms with Gasteiger partial charge in [-0.15, -0.1) is 0 Å². The molecule has 0 radical (unpaired) electrons. The average Bonchev–Trinajstić information content (AvgIpc) is 2.54. The van der Waals surface area contributed by atoms with Crippen LogP contribution in [0.1, 0.15) is 35.2 Å². The normalized spacial score (nSPS) is 19.1. The predicted octanol–water partition coefficient (Wildman–Crippen LogP) is 1.78. The SMILES string of the molecule is NCC1CCCCN1C(=O)c1ccc(CS(=O)(=O)C(F)F)cc1. The lowest BCUT2D eigenvalue weighted by Crippen LogP contribution is -2.47. The smallest absolute Gasteiger partial charge is 0.334 e. The van der Waals surface area contributed by atoms with E-state index in [0.717, 1.165) is 19.3 Å². The number of hydrogen-bond acceptors (Lipinski definition) is 4. The van der Waals surface area contributed by atoms with Crippen LogP contribution in [-0.2, 0) is 15.6 Å². The number of amides is 1. The van der Waals surface area contributed by atoms with Gasteiger partial charge in [0, 0.05) is 24.7 Å². The van der Waals surface area contributed by atoms with Crippen LogP contribution in [0.4, 0.5) is 8.78 Å². The number of carbonyl (C=O) groups is 1. The minimum absolute atomic E-state index is 0.00939. The molecule has 1 fully saturated rings. The highest BCUT2D eigenvalue weighted by Crippen LogP contribution is 2.20. The monoisotopic (exact) mass is 346 g/mol. The Hall–Kier alpha value is -1.54. The van der Waals surface area contributed by atoms with Crippen LogP contribution >= 0.6 is 0 Å². The number of likely N-dealkylation sites (tertiary alicyclic amines) is 1. The topological polar surface area (TPSA) is 80.5 Å². The van der Waals surface area contributed by atoms with Crippen molar-refractivity contribution in [3.8, 4) is 0 Å². The van der Waals surface area contributed by atoms with E-state index in [4.69, 9.17) is 5.73 Å². The van der Waals surface area contributed by atoms with Gasteiger partial charge < -0.3 is 10.6 Å². The quantitative estimate of drug-likeness (QED) is 0.881. The fraction of sp³-hybridized carbons (Fsp3) is 0.533. The summed E-state index contributed by atoms with van der Waals surface area (Å²) in [5.41, 5.74) is 6.34. The molecule has 1 aliphatic heterocycles. The molecule has 0 aliphatic carbocycles. The van der Waals surface area contributed by atoms with Crippen molar-refractivity contribution in [3.05, 3.63) is 35.4 Å². The molecule has 1 aliphatic rings. The largest absolute Gasteiger partial charge is 0.337 e.